The van der Waals surface area contributed by atoms with Crippen molar-refractivity contribution in [3.05, 3.63) is 24.4 Å². The van der Waals surface area contributed by atoms with Gasteiger partial charge in [0.1, 0.15) is 0 Å². The Balaban J connectivity index is 1.63. The number of aromatic nitrogens is 3. The number of thioether (sulfide) groups is 1. The second-order valence-electron chi connectivity index (χ2n) is 5.54. The summed E-state index contributed by atoms with van der Waals surface area (Å²) >= 11 is 1.64. The Labute approximate surface area is 127 Å². The van der Waals surface area contributed by atoms with Crippen molar-refractivity contribution in [2.45, 2.75) is 36.4 Å². The van der Waals surface area contributed by atoms with Gasteiger partial charge in [-0.15, -0.1) is 10.2 Å². The molecule has 2 atom stereocenters. The summed E-state index contributed by atoms with van der Waals surface area (Å²) in [7, 11) is 0. The van der Waals surface area contributed by atoms with E-state index in [1.54, 1.807) is 11.8 Å². The second kappa shape index (κ2) is 5.65. The number of hydrogen-bond donors (Lipinski definition) is 2. The summed E-state index contributed by atoms with van der Waals surface area (Å²) in [5.74, 6) is 0.650. The predicted octanol–water partition coefficient (Wildman–Crippen LogP) is 1.19. The highest BCUT2D eigenvalue weighted by molar-refractivity contribution is 7.99. The highest BCUT2D eigenvalue weighted by Crippen LogP contribution is 2.37. The molecular formula is C14H19N5OS. The maximum atomic E-state index is 11.6. The molecule has 1 aliphatic rings. The van der Waals surface area contributed by atoms with Gasteiger partial charge in [0.25, 0.3) is 0 Å². The van der Waals surface area contributed by atoms with Crippen LogP contribution in [-0.4, -0.2) is 31.8 Å². The van der Waals surface area contributed by atoms with E-state index >= 15 is 0 Å². The van der Waals surface area contributed by atoms with Crippen molar-refractivity contribution < 1.29 is 4.79 Å². The summed E-state index contributed by atoms with van der Waals surface area (Å²) in [6, 6.07) is 5.81. The quantitative estimate of drug-likeness (QED) is 0.808. The zero-order valence-corrected chi connectivity index (χ0v) is 12.6. The number of nitrogens with two attached hydrogens (primary N) is 2. The van der Waals surface area contributed by atoms with E-state index in [-0.39, 0.29) is 11.8 Å². The van der Waals surface area contributed by atoms with Gasteiger partial charge < -0.3 is 11.5 Å². The number of primary amides is 1. The van der Waals surface area contributed by atoms with Crippen LogP contribution in [0.2, 0.25) is 0 Å². The van der Waals surface area contributed by atoms with Gasteiger partial charge in [0.2, 0.25) is 5.91 Å². The van der Waals surface area contributed by atoms with Crippen molar-refractivity contribution in [3.63, 3.8) is 0 Å². The van der Waals surface area contributed by atoms with Crippen molar-refractivity contribution in [1.29, 1.82) is 0 Å². The minimum absolute atomic E-state index is 0.168. The number of pyridine rings is 1. The van der Waals surface area contributed by atoms with Crippen molar-refractivity contribution in [1.82, 2.24) is 14.6 Å². The molecular weight excluding hydrogens is 286 g/mol. The zero-order chi connectivity index (χ0) is 14.9. The molecule has 1 fully saturated rings. The van der Waals surface area contributed by atoms with Crippen LogP contribution < -0.4 is 11.5 Å². The maximum Gasteiger partial charge on any atom is 0.237 e. The number of carbonyl (C=O) groups excluding carboxylic acids is 1. The summed E-state index contributed by atoms with van der Waals surface area (Å²) in [6.45, 7) is 0. The molecule has 4 N–H and O–H groups in total. The largest absolute Gasteiger partial charge is 0.368 e. The first kappa shape index (κ1) is 14.3. The molecule has 0 aromatic carbocycles. The lowest BCUT2D eigenvalue weighted by Gasteiger charge is -2.27. The minimum atomic E-state index is -0.826. The molecule has 1 saturated carbocycles. The van der Waals surface area contributed by atoms with Crippen LogP contribution in [0.15, 0.2) is 29.6 Å². The Morgan fingerprint density at radius 1 is 1.48 bits per heavy atom. The first-order chi connectivity index (χ1) is 10.1. The third-order valence-corrected chi connectivity index (χ3v) is 5.29. The molecule has 0 spiro atoms. The van der Waals surface area contributed by atoms with Crippen LogP contribution in [0.25, 0.3) is 5.65 Å². The van der Waals surface area contributed by atoms with E-state index in [1.807, 2.05) is 28.8 Å². The molecule has 21 heavy (non-hydrogen) atoms. The van der Waals surface area contributed by atoms with E-state index in [4.69, 9.17) is 11.5 Å². The van der Waals surface area contributed by atoms with Crippen LogP contribution in [-0.2, 0) is 4.79 Å². The molecule has 2 aromatic heterocycles. The smallest absolute Gasteiger partial charge is 0.237 e. The Bertz CT molecular complexity index is 658. The first-order valence-corrected chi connectivity index (χ1v) is 8.11. The van der Waals surface area contributed by atoms with Crippen LogP contribution in [0.4, 0.5) is 0 Å². The fourth-order valence-corrected chi connectivity index (χ4v) is 4.02. The van der Waals surface area contributed by atoms with E-state index in [9.17, 15) is 4.79 Å². The predicted molar refractivity (Wildman–Crippen MR) is 81.8 cm³/mol. The SMILES string of the molecule is NC(=O)C1(N)CCCC1CCSc1nnc2ccccn12. The molecule has 2 aromatic rings. The standard InChI is InChI=1S/C14H19N5OS/c15-12(20)14(16)7-3-4-10(14)6-9-21-13-18-17-11-5-1-2-8-19(11)13/h1-2,5,8,10H,3-4,6-7,9,16H2,(H2,15,20). The van der Waals surface area contributed by atoms with Gasteiger partial charge in [0, 0.05) is 11.9 Å². The van der Waals surface area contributed by atoms with E-state index < -0.39 is 5.54 Å². The Morgan fingerprint density at radius 2 is 2.33 bits per heavy atom. The first-order valence-electron chi connectivity index (χ1n) is 7.12. The Kier molecular flexibility index (Phi) is 3.86. The van der Waals surface area contributed by atoms with Crippen molar-refractivity contribution in [2.24, 2.45) is 17.4 Å². The summed E-state index contributed by atoms with van der Waals surface area (Å²) in [6.07, 6.45) is 5.46. The van der Waals surface area contributed by atoms with E-state index in [2.05, 4.69) is 10.2 Å². The average Bonchev–Trinajstić information content (AvgIpc) is 3.05. The molecule has 0 bridgehead atoms. The monoisotopic (exact) mass is 305 g/mol. The summed E-state index contributed by atoms with van der Waals surface area (Å²) in [5.41, 5.74) is 11.7. The van der Waals surface area contributed by atoms with E-state index in [1.165, 1.54) is 0 Å². The number of carbonyl (C=O) groups is 1. The van der Waals surface area contributed by atoms with Gasteiger partial charge in [-0.05, 0) is 37.3 Å². The van der Waals surface area contributed by atoms with Crippen LogP contribution >= 0.6 is 11.8 Å². The normalized spacial score (nSPS) is 25.5. The zero-order valence-electron chi connectivity index (χ0n) is 11.7. The van der Waals surface area contributed by atoms with Crippen LogP contribution in [0, 0.1) is 5.92 Å². The van der Waals surface area contributed by atoms with Gasteiger partial charge in [-0.1, -0.05) is 24.2 Å². The van der Waals surface area contributed by atoms with Crippen LogP contribution in [0.5, 0.6) is 0 Å². The fourth-order valence-electron chi connectivity index (χ4n) is 3.04. The molecule has 2 heterocycles. The third-order valence-electron chi connectivity index (χ3n) is 4.31. The number of hydrogen-bond acceptors (Lipinski definition) is 5. The number of rotatable bonds is 5. The third kappa shape index (κ3) is 2.63. The molecule has 0 radical (unpaired) electrons. The number of nitrogens with zero attached hydrogens (tertiary/aromatic N) is 3. The van der Waals surface area contributed by atoms with Gasteiger partial charge in [0.05, 0.1) is 5.54 Å². The minimum Gasteiger partial charge on any atom is -0.368 e. The molecule has 3 rings (SSSR count). The molecule has 2 unspecified atom stereocenters. The lowest BCUT2D eigenvalue weighted by atomic mass is 9.85. The highest BCUT2D eigenvalue weighted by Gasteiger charge is 2.43. The highest BCUT2D eigenvalue weighted by atomic mass is 32.2. The van der Waals surface area contributed by atoms with Crippen molar-refractivity contribution >= 4 is 23.3 Å². The van der Waals surface area contributed by atoms with E-state index in [0.29, 0.717) is 6.42 Å². The maximum absolute atomic E-state index is 11.6. The molecule has 0 aliphatic heterocycles. The second-order valence-corrected chi connectivity index (χ2v) is 6.60. The van der Waals surface area contributed by atoms with Gasteiger partial charge in [0.15, 0.2) is 10.8 Å². The van der Waals surface area contributed by atoms with Crippen LogP contribution in [0.1, 0.15) is 25.7 Å². The molecule has 112 valence electrons. The Morgan fingerprint density at radius 3 is 3.14 bits per heavy atom. The summed E-state index contributed by atoms with van der Waals surface area (Å²) < 4.78 is 1.96. The molecule has 1 aliphatic carbocycles. The van der Waals surface area contributed by atoms with Gasteiger partial charge >= 0.3 is 0 Å². The van der Waals surface area contributed by atoms with Crippen molar-refractivity contribution in [3.8, 4) is 0 Å². The average molecular weight is 305 g/mol. The number of amides is 1. The summed E-state index contributed by atoms with van der Waals surface area (Å²) in [5, 5.41) is 9.17. The lowest BCUT2D eigenvalue weighted by molar-refractivity contribution is -0.124. The van der Waals surface area contributed by atoms with Crippen molar-refractivity contribution in [2.75, 3.05) is 5.75 Å². The van der Waals surface area contributed by atoms with Gasteiger partial charge in [-0.3, -0.25) is 9.20 Å². The molecule has 6 nitrogen and oxygen atoms in total. The summed E-state index contributed by atoms with van der Waals surface area (Å²) in [4.78, 5) is 11.6. The Hall–Kier alpha value is -1.60. The molecule has 1 amide bonds. The fraction of sp³-hybridized carbons (Fsp3) is 0.500. The van der Waals surface area contributed by atoms with Gasteiger partial charge in [-0.2, -0.15) is 0 Å². The number of fused-ring (bicyclic) bond motifs is 1. The topological polar surface area (TPSA) is 99.3 Å². The lowest BCUT2D eigenvalue weighted by Crippen LogP contribution is -2.54. The van der Waals surface area contributed by atoms with Crippen LogP contribution in [0.3, 0.4) is 0 Å². The van der Waals surface area contributed by atoms with E-state index in [0.717, 1.165) is 35.8 Å². The molecule has 0 saturated heterocycles. The van der Waals surface area contributed by atoms with Gasteiger partial charge in [-0.25, -0.2) is 0 Å². The molecule has 7 heteroatoms.